The second kappa shape index (κ2) is 7.42. The average molecular weight is 321 g/mol. The van der Waals surface area contributed by atoms with Gasteiger partial charge in [-0.2, -0.15) is 0 Å². The minimum absolute atomic E-state index is 0.0371. The fraction of sp³-hybridized carbons (Fsp3) is 0.250. The molecule has 0 saturated heterocycles. The summed E-state index contributed by atoms with van der Waals surface area (Å²) < 4.78 is 4.89. The Morgan fingerprint density at radius 3 is 1.70 bits per heavy atom. The van der Waals surface area contributed by atoms with Crippen molar-refractivity contribution in [3.63, 3.8) is 0 Å². The zero-order valence-corrected chi connectivity index (χ0v) is 14.8. The molecule has 2 nitrogen and oxygen atoms in total. The first-order valence-corrected chi connectivity index (χ1v) is 8.05. The summed E-state index contributed by atoms with van der Waals surface area (Å²) in [4.78, 5) is 12.4. The summed E-state index contributed by atoms with van der Waals surface area (Å²) >= 11 is 0. The molecule has 0 aromatic heterocycles. The number of carbonyl (C=O) groups is 1. The van der Waals surface area contributed by atoms with Gasteiger partial charge in [-0.3, -0.25) is 0 Å². The van der Waals surface area contributed by atoms with Crippen molar-refractivity contribution in [2.24, 2.45) is 5.41 Å². The van der Waals surface area contributed by atoms with Crippen LogP contribution in [-0.4, -0.2) is 16.5 Å². The van der Waals surface area contributed by atoms with E-state index >= 15 is 0 Å². The molecule has 0 aliphatic heterocycles. The predicted octanol–water partition coefficient (Wildman–Crippen LogP) is 4.55. The molecule has 2 rings (SSSR count). The third-order valence-corrected chi connectivity index (χ3v) is 3.66. The van der Waals surface area contributed by atoms with Crippen LogP contribution in [0.1, 0.15) is 38.3 Å². The van der Waals surface area contributed by atoms with E-state index in [0.717, 1.165) is 16.7 Å². The average Bonchev–Trinajstić information content (AvgIpc) is 2.54. The molecule has 3 radical (unpaired) electrons. The summed E-state index contributed by atoms with van der Waals surface area (Å²) in [6.45, 7) is 6.34. The molecular weight excluding hydrogens is 300 g/mol. The van der Waals surface area contributed by atoms with Gasteiger partial charge in [-0.25, -0.2) is 4.79 Å². The second-order valence-electron chi connectivity index (χ2n) is 6.71. The highest BCUT2D eigenvalue weighted by atomic mass is 28.2. The lowest BCUT2D eigenvalue weighted by atomic mass is 9.83. The molecule has 0 aliphatic carbocycles. The first kappa shape index (κ1) is 17.2. The van der Waals surface area contributed by atoms with Crippen molar-refractivity contribution in [2.45, 2.75) is 27.2 Å². The maximum absolute atomic E-state index is 12.4. The van der Waals surface area contributed by atoms with Crippen LogP contribution in [0.3, 0.4) is 0 Å². The van der Waals surface area contributed by atoms with Crippen LogP contribution in [0, 0.1) is 5.41 Å². The van der Waals surface area contributed by atoms with Crippen molar-refractivity contribution in [1.29, 1.82) is 0 Å². The van der Waals surface area contributed by atoms with Crippen molar-refractivity contribution < 1.29 is 9.22 Å². The Hall–Kier alpha value is -2.13. The van der Waals surface area contributed by atoms with Gasteiger partial charge in [0, 0.05) is 5.57 Å². The van der Waals surface area contributed by atoms with Crippen molar-refractivity contribution in [1.82, 2.24) is 0 Å². The minimum Gasteiger partial charge on any atom is -0.513 e. The summed E-state index contributed by atoms with van der Waals surface area (Å²) in [5.74, 6) is -0.348. The predicted molar refractivity (Wildman–Crippen MR) is 94.8 cm³/mol. The Morgan fingerprint density at radius 2 is 1.35 bits per heavy atom. The van der Waals surface area contributed by atoms with Gasteiger partial charge in [0.15, 0.2) is 0 Å². The third kappa shape index (κ3) is 4.67. The van der Waals surface area contributed by atoms with Gasteiger partial charge in [-0.05, 0) is 28.5 Å². The molecule has 0 N–H and O–H groups in total. The van der Waals surface area contributed by atoms with Crippen molar-refractivity contribution in [3.8, 4) is 0 Å². The highest BCUT2D eigenvalue weighted by Crippen LogP contribution is 2.34. The largest absolute Gasteiger partial charge is 0.513 e. The molecule has 0 atom stereocenters. The number of benzene rings is 2. The lowest BCUT2D eigenvalue weighted by Gasteiger charge is -2.23. The number of hydrogen-bond donors (Lipinski definition) is 0. The quantitative estimate of drug-likeness (QED) is 0.610. The third-order valence-electron chi connectivity index (χ3n) is 3.47. The normalized spacial score (nSPS) is 11.0. The van der Waals surface area contributed by atoms with Crippen LogP contribution in [0.2, 0.25) is 0 Å². The fourth-order valence-electron chi connectivity index (χ4n) is 2.58. The van der Waals surface area contributed by atoms with Crippen LogP contribution >= 0.6 is 0 Å². The maximum Gasteiger partial charge on any atom is 0.345 e. The number of hydrogen-bond acceptors (Lipinski definition) is 2. The lowest BCUT2D eigenvalue weighted by molar-refractivity contribution is -0.130. The summed E-state index contributed by atoms with van der Waals surface area (Å²) in [5, 5.41) is 0. The van der Waals surface area contributed by atoms with Gasteiger partial charge in [-0.1, -0.05) is 81.4 Å². The van der Waals surface area contributed by atoms with E-state index in [0.29, 0.717) is 12.0 Å². The highest BCUT2D eigenvalue weighted by molar-refractivity contribution is 6.12. The molecule has 0 fully saturated rings. The van der Waals surface area contributed by atoms with E-state index in [2.05, 4.69) is 31.3 Å². The van der Waals surface area contributed by atoms with Gasteiger partial charge in [0.1, 0.15) is 0 Å². The van der Waals surface area contributed by atoms with Gasteiger partial charge in [0.2, 0.25) is 0 Å². The Bertz CT molecular complexity index is 641. The lowest BCUT2D eigenvalue weighted by Crippen LogP contribution is -2.16. The molecule has 0 saturated carbocycles. The van der Waals surface area contributed by atoms with E-state index < -0.39 is 0 Å². The molecule has 117 valence electrons. The molecule has 23 heavy (non-hydrogen) atoms. The first-order chi connectivity index (χ1) is 10.9. The van der Waals surface area contributed by atoms with E-state index in [1.807, 2.05) is 60.7 Å². The molecule has 2 aromatic carbocycles. The van der Waals surface area contributed by atoms with Crippen LogP contribution in [0.4, 0.5) is 0 Å². The SMILES string of the molecule is CC(C)(C)CC(C(=O)O[Si])=C(c1ccccc1)c1ccccc1. The molecule has 0 bridgehead atoms. The maximum atomic E-state index is 12.4. The molecule has 0 spiro atoms. The number of rotatable bonds is 4. The number of carbonyl (C=O) groups excluding carboxylic acids is 1. The van der Waals surface area contributed by atoms with Crippen LogP contribution < -0.4 is 0 Å². The summed E-state index contributed by atoms with van der Waals surface area (Å²) in [7, 11) is 2.90. The van der Waals surface area contributed by atoms with E-state index in [9.17, 15) is 4.79 Å². The Morgan fingerprint density at radius 1 is 0.913 bits per heavy atom. The van der Waals surface area contributed by atoms with Gasteiger partial charge < -0.3 is 4.43 Å². The molecule has 0 heterocycles. The second-order valence-corrected chi connectivity index (χ2v) is 6.92. The summed E-state index contributed by atoms with van der Waals surface area (Å²) in [6, 6.07) is 19.9. The van der Waals surface area contributed by atoms with Crippen LogP contribution in [-0.2, 0) is 9.22 Å². The standard InChI is InChI=1S/C20H21O2Si/c1-20(2,3)14-17(19(21)22-23)18(15-10-6-4-7-11-15)16-12-8-5-9-13-16/h4-13H,14H2,1-3H3. The zero-order valence-electron chi connectivity index (χ0n) is 13.8. The topological polar surface area (TPSA) is 26.3 Å². The Kier molecular flexibility index (Phi) is 5.56. The van der Waals surface area contributed by atoms with Gasteiger partial charge in [0.05, 0.1) is 0 Å². The summed E-state index contributed by atoms with van der Waals surface area (Å²) in [5.41, 5.74) is 3.57. The smallest absolute Gasteiger partial charge is 0.345 e. The Balaban J connectivity index is 2.72. The minimum atomic E-state index is -0.348. The van der Waals surface area contributed by atoms with Gasteiger partial charge in [0.25, 0.3) is 0 Å². The monoisotopic (exact) mass is 321 g/mol. The van der Waals surface area contributed by atoms with E-state index in [1.165, 1.54) is 0 Å². The molecular formula is C20H21O2Si. The molecule has 0 aliphatic rings. The van der Waals surface area contributed by atoms with Crippen molar-refractivity contribution in [2.75, 3.05) is 0 Å². The van der Waals surface area contributed by atoms with E-state index in [1.54, 1.807) is 0 Å². The Labute approximate surface area is 141 Å². The zero-order chi connectivity index (χ0) is 16.9. The summed E-state index contributed by atoms with van der Waals surface area (Å²) in [6.07, 6.45) is 0.620. The first-order valence-electron chi connectivity index (χ1n) is 7.64. The fourth-order valence-corrected chi connectivity index (χ4v) is 2.70. The highest BCUT2D eigenvalue weighted by Gasteiger charge is 2.24. The van der Waals surface area contributed by atoms with E-state index in [-0.39, 0.29) is 11.4 Å². The van der Waals surface area contributed by atoms with E-state index in [4.69, 9.17) is 4.43 Å². The van der Waals surface area contributed by atoms with Crippen molar-refractivity contribution in [3.05, 3.63) is 77.4 Å². The molecule has 0 unspecified atom stereocenters. The molecule has 0 amide bonds. The van der Waals surface area contributed by atoms with Gasteiger partial charge >= 0.3 is 16.5 Å². The molecule has 3 heteroatoms. The van der Waals surface area contributed by atoms with Crippen molar-refractivity contribution >= 4 is 22.0 Å². The molecule has 2 aromatic rings. The van der Waals surface area contributed by atoms with Gasteiger partial charge in [-0.15, -0.1) is 0 Å². The van der Waals surface area contributed by atoms with Crippen LogP contribution in [0.5, 0.6) is 0 Å². The van der Waals surface area contributed by atoms with Crippen LogP contribution in [0.25, 0.3) is 5.57 Å². The van der Waals surface area contributed by atoms with Crippen LogP contribution in [0.15, 0.2) is 66.2 Å².